The molecule has 3 aromatic heterocycles. The van der Waals surface area contributed by atoms with Gasteiger partial charge in [0.05, 0.1) is 0 Å². The number of hydrogen-bond acceptors (Lipinski definition) is 6. The van der Waals surface area contributed by atoms with Gasteiger partial charge in [0.1, 0.15) is 0 Å². The van der Waals surface area contributed by atoms with Crippen LogP contribution in [0.25, 0.3) is 191 Å². The lowest BCUT2D eigenvalue weighted by Gasteiger charge is -2.15. The Kier molecular flexibility index (Phi) is 16.5. The second-order valence-corrected chi connectivity index (χ2v) is 32.7. The Balaban J connectivity index is 0.000000105. The average molecular weight is 1500 g/mol. The Morgan fingerprint density at radius 1 is 0.158 bits per heavy atom. The molecule has 0 aliphatic carbocycles. The van der Waals surface area contributed by atoms with Gasteiger partial charge in [-0.05, 0) is 211 Å². The first-order valence-corrected chi connectivity index (χ1v) is 41.3. The minimum absolute atomic E-state index is 1.09. The molecule has 0 unspecified atom stereocenters. The number of nitrogens with one attached hydrogen (secondary N) is 3. The summed E-state index contributed by atoms with van der Waals surface area (Å²) in [5, 5.41) is 42.1. The Morgan fingerprint density at radius 3 is 1.13 bits per heavy atom. The molecule has 0 amide bonds. The molecule has 0 aliphatic rings. The molecule has 3 heterocycles. The largest absolute Gasteiger partial charge is 0.356 e. The zero-order chi connectivity index (χ0) is 75.2. The lowest BCUT2D eigenvalue weighted by atomic mass is 9.93. The van der Waals surface area contributed by atoms with Gasteiger partial charge >= 0.3 is 0 Å². The van der Waals surface area contributed by atoms with Crippen molar-refractivity contribution < 1.29 is 0 Å². The van der Waals surface area contributed by atoms with Gasteiger partial charge < -0.3 is 16.0 Å². The van der Waals surface area contributed by atoms with Gasteiger partial charge in [-0.1, -0.05) is 303 Å². The van der Waals surface area contributed by atoms with Crippen LogP contribution in [0.15, 0.2) is 400 Å². The number of anilines is 6. The number of benzene rings is 21. The molecule has 0 saturated heterocycles. The maximum absolute atomic E-state index is 3.78. The van der Waals surface area contributed by atoms with Crippen molar-refractivity contribution in [3.05, 3.63) is 400 Å². The molecule has 0 atom stereocenters. The molecule has 3 nitrogen and oxygen atoms in total. The van der Waals surface area contributed by atoms with Crippen molar-refractivity contribution in [1.29, 1.82) is 0 Å². The second kappa shape index (κ2) is 28.1. The summed E-state index contributed by atoms with van der Waals surface area (Å²) >= 11 is 5.73. The standard InChI is InChI=1S/C40H25NS.C36H23NS.C32H21NS/c1-2-11-27-22-30(19-17-25(27)9-1)41-37-23-29(21-28-12-4-5-13-31(28)37)36-24-38-39(34-16-8-7-15-33(34)36)35-20-18-26-10-3-6-14-32(26)40(35)42-38;1-2-9-26-21-29(19-13-23(26)7-1)37-28-17-14-25(15-18-28)33-22-27-10-4-5-11-30(27)34-32-20-16-24-8-3-6-12-31(24)35(32)38-36(33)34;1-2-10-24(11-3-1)33-25-17-14-22(15-18-25)28-20-23-9-5-7-13-27(23)31-30-26-12-6-4-8-21(26)16-19-29(30)34-32(28)31/h1-24,41H;1-22,37H;1-20,33H. The molecule has 0 saturated carbocycles. The van der Waals surface area contributed by atoms with Gasteiger partial charge in [0.25, 0.3) is 0 Å². The van der Waals surface area contributed by atoms with Crippen molar-refractivity contribution in [3.63, 3.8) is 0 Å². The Morgan fingerprint density at radius 2 is 0.544 bits per heavy atom. The lowest BCUT2D eigenvalue weighted by Crippen LogP contribution is -1.93. The molecular formula is C108H69N3S3. The molecule has 24 rings (SSSR count). The molecule has 534 valence electrons. The van der Waals surface area contributed by atoms with Crippen LogP contribution in [0.3, 0.4) is 0 Å². The van der Waals surface area contributed by atoms with Crippen LogP contribution in [-0.4, -0.2) is 0 Å². The van der Waals surface area contributed by atoms with Gasteiger partial charge in [0.15, 0.2) is 0 Å². The van der Waals surface area contributed by atoms with Crippen molar-refractivity contribution in [3.8, 4) is 33.4 Å². The number of thiophene rings is 3. The van der Waals surface area contributed by atoms with Gasteiger partial charge in [-0.3, -0.25) is 0 Å². The molecule has 21 aromatic carbocycles. The molecule has 3 N–H and O–H groups in total. The number of hydrogen-bond donors (Lipinski definition) is 3. The van der Waals surface area contributed by atoms with E-state index in [-0.39, 0.29) is 0 Å². The predicted octanol–water partition coefficient (Wildman–Crippen LogP) is 32.8. The molecule has 0 radical (unpaired) electrons. The van der Waals surface area contributed by atoms with Crippen LogP contribution in [0.2, 0.25) is 0 Å². The van der Waals surface area contributed by atoms with Crippen LogP contribution in [0.5, 0.6) is 0 Å². The Bertz CT molecular complexity index is 7950. The number of para-hydroxylation sites is 1. The Hall–Kier alpha value is -14.0. The van der Waals surface area contributed by atoms with E-state index in [9.17, 15) is 0 Å². The van der Waals surface area contributed by atoms with Crippen molar-refractivity contribution in [2.45, 2.75) is 0 Å². The van der Waals surface area contributed by atoms with E-state index in [1.54, 1.807) is 0 Å². The molecule has 0 bridgehead atoms. The third-order valence-corrected chi connectivity index (χ3v) is 26.4. The summed E-state index contributed by atoms with van der Waals surface area (Å²) in [5.74, 6) is 0. The third kappa shape index (κ3) is 11.9. The molecular weight excluding hydrogens is 1440 g/mol. The topological polar surface area (TPSA) is 36.1 Å². The zero-order valence-electron chi connectivity index (χ0n) is 61.8. The van der Waals surface area contributed by atoms with E-state index in [0.717, 1.165) is 34.1 Å². The summed E-state index contributed by atoms with van der Waals surface area (Å²) in [6.07, 6.45) is 0. The molecule has 6 heteroatoms. The first-order valence-electron chi connectivity index (χ1n) is 38.8. The van der Waals surface area contributed by atoms with E-state index in [4.69, 9.17) is 0 Å². The summed E-state index contributed by atoms with van der Waals surface area (Å²) in [4.78, 5) is 0. The van der Waals surface area contributed by atoms with Crippen LogP contribution >= 0.6 is 34.0 Å². The average Bonchev–Trinajstić information content (AvgIpc) is 1.58. The quantitative estimate of drug-likeness (QED) is 0.135. The molecule has 114 heavy (non-hydrogen) atoms. The number of rotatable bonds is 9. The van der Waals surface area contributed by atoms with Crippen LogP contribution in [0, 0.1) is 0 Å². The predicted molar refractivity (Wildman–Crippen MR) is 501 cm³/mol. The van der Waals surface area contributed by atoms with Crippen LogP contribution < -0.4 is 16.0 Å². The zero-order valence-corrected chi connectivity index (χ0v) is 64.3. The fraction of sp³-hybridized carbons (Fsp3) is 0. The van der Waals surface area contributed by atoms with Crippen LogP contribution in [0.1, 0.15) is 0 Å². The molecule has 24 aromatic rings. The highest BCUT2D eigenvalue weighted by molar-refractivity contribution is 7.28. The maximum atomic E-state index is 3.78. The highest BCUT2D eigenvalue weighted by Gasteiger charge is 2.21. The normalized spacial score (nSPS) is 11.7. The lowest BCUT2D eigenvalue weighted by molar-refractivity contribution is 1.55. The van der Waals surface area contributed by atoms with Gasteiger partial charge in [-0.15, -0.1) is 34.0 Å². The van der Waals surface area contributed by atoms with E-state index >= 15 is 0 Å². The fourth-order valence-corrected chi connectivity index (χ4v) is 21.3. The Labute approximate surface area is 670 Å². The van der Waals surface area contributed by atoms with Crippen molar-refractivity contribution >= 4 is 226 Å². The monoisotopic (exact) mass is 1500 g/mol. The van der Waals surface area contributed by atoms with Gasteiger partial charge in [0, 0.05) is 111 Å². The minimum Gasteiger partial charge on any atom is -0.356 e. The molecule has 0 fully saturated rings. The summed E-state index contributed by atoms with van der Waals surface area (Å²) in [6, 6.07) is 145. The van der Waals surface area contributed by atoms with Crippen LogP contribution in [-0.2, 0) is 0 Å². The first-order chi connectivity index (χ1) is 56.5. The summed E-state index contributed by atoms with van der Waals surface area (Å²) in [7, 11) is 0. The highest BCUT2D eigenvalue weighted by Crippen LogP contribution is 2.51. The molecule has 0 aliphatic heterocycles. The smallest absolute Gasteiger partial charge is 0.0470 e. The minimum atomic E-state index is 1.09. The summed E-state index contributed by atoms with van der Waals surface area (Å²) in [5.41, 5.74) is 14.1. The summed E-state index contributed by atoms with van der Waals surface area (Å²) < 4.78 is 8.10. The van der Waals surface area contributed by atoms with Gasteiger partial charge in [-0.2, -0.15) is 0 Å². The molecule has 0 spiro atoms. The van der Waals surface area contributed by atoms with Crippen LogP contribution in [0.4, 0.5) is 34.1 Å². The van der Waals surface area contributed by atoms with Gasteiger partial charge in [-0.25, -0.2) is 0 Å². The highest BCUT2D eigenvalue weighted by atomic mass is 32.1. The van der Waals surface area contributed by atoms with E-state index in [2.05, 4.69) is 398 Å². The van der Waals surface area contributed by atoms with E-state index in [1.807, 2.05) is 52.2 Å². The van der Waals surface area contributed by atoms with Gasteiger partial charge in [0.2, 0.25) is 0 Å². The first kappa shape index (κ1) is 67.0. The van der Waals surface area contributed by atoms with E-state index in [1.165, 1.54) is 191 Å². The van der Waals surface area contributed by atoms with Crippen molar-refractivity contribution in [2.75, 3.05) is 16.0 Å². The van der Waals surface area contributed by atoms with E-state index < -0.39 is 0 Å². The summed E-state index contributed by atoms with van der Waals surface area (Å²) in [6.45, 7) is 0. The fourth-order valence-electron chi connectivity index (χ4n) is 17.4. The third-order valence-electron chi connectivity index (χ3n) is 22.8. The maximum Gasteiger partial charge on any atom is 0.0470 e. The van der Waals surface area contributed by atoms with E-state index in [0.29, 0.717) is 0 Å². The number of fused-ring (bicyclic) bond motifs is 24. The van der Waals surface area contributed by atoms with Crippen molar-refractivity contribution in [2.24, 2.45) is 0 Å². The SMILES string of the molecule is c1ccc(Nc2ccc(-c3cc4ccccc4c4c3sc3ccc5ccccc5c34)cc2)cc1.c1ccc2cc(Nc3cc(-c4cc5sc6c7ccccc7ccc6c5c5ccccc45)cc4ccccc34)ccc2c1.c1ccc2cc(Nc3ccc(-c4cc5ccccc5c5c4sc4c6ccccc6ccc45)cc3)ccc2c1. The van der Waals surface area contributed by atoms with Crippen molar-refractivity contribution in [1.82, 2.24) is 0 Å². The second-order valence-electron chi connectivity index (χ2n) is 29.6.